The van der Waals surface area contributed by atoms with Gasteiger partial charge >= 0.3 is 0 Å². The van der Waals surface area contributed by atoms with Crippen LogP contribution in [-0.2, 0) is 9.84 Å². The van der Waals surface area contributed by atoms with Crippen molar-refractivity contribution >= 4 is 59.7 Å². The van der Waals surface area contributed by atoms with Crippen LogP contribution in [0.1, 0.15) is 51.5 Å². The number of sulfone groups is 1. The van der Waals surface area contributed by atoms with E-state index in [2.05, 4.69) is 15.6 Å². The van der Waals surface area contributed by atoms with Crippen LogP contribution in [-0.4, -0.2) is 37.0 Å². The molecule has 0 bridgehead atoms. The number of thiophene rings is 1. The second-order valence-corrected chi connectivity index (χ2v) is 12.4. The zero-order valence-electron chi connectivity index (χ0n) is 19.6. The molecule has 2 amide bonds. The minimum atomic E-state index is -3.35. The van der Waals surface area contributed by atoms with Gasteiger partial charge in [-0.2, -0.15) is 0 Å². The third-order valence-corrected chi connectivity index (χ3v) is 9.32. The number of hydrogen-bond acceptors (Lipinski definition) is 6. The fourth-order valence-electron chi connectivity index (χ4n) is 4.91. The van der Waals surface area contributed by atoms with Gasteiger partial charge in [0.1, 0.15) is 5.56 Å². The minimum Gasteiger partial charge on any atom is -0.345 e. The number of fused-ring (bicyclic) bond motifs is 2. The van der Waals surface area contributed by atoms with Gasteiger partial charge in [0.05, 0.1) is 22.9 Å². The van der Waals surface area contributed by atoms with Crippen LogP contribution < -0.4 is 16.2 Å². The van der Waals surface area contributed by atoms with E-state index in [1.54, 1.807) is 11.3 Å². The summed E-state index contributed by atoms with van der Waals surface area (Å²) in [7, 11) is -3.35. The number of pyridine rings is 1. The van der Waals surface area contributed by atoms with Crippen molar-refractivity contribution in [2.45, 2.75) is 31.2 Å². The highest BCUT2D eigenvalue weighted by Crippen LogP contribution is 2.40. The summed E-state index contributed by atoms with van der Waals surface area (Å²) in [5.74, 6) is -1.01. The Kier molecular flexibility index (Phi) is 5.73. The quantitative estimate of drug-likeness (QED) is 0.353. The van der Waals surface area contributed by atoms with E-state index in [1.165, 1.54) is 12.1 Å². The molecule has 2 aromatic heterocycles. The Morgan fingerprint density at radius 1 is 1.00 bits per heavy atom. The Bertz CT molecular complexity index is 1780. The summed E-state index contributed by atoms with van der Waals surface area (Å²) in [6.07, 6.45) is 4.41. The van der Waals surface area contributed by atoms with Gasteiger partial charge in [-0.1, -0.05) is 18.6 Å². The second kappa shape index (κ2) is 8.97. The molecule has 3 heterocycles. The van der Waals surface area contributed by atoms with Gasteiger partial charge < -0.3 is 15.6 Å². The number of nitrogens with one attached hydrogen (secondary N) is 3. The summed E-state index contributed by atoms with van der Waals surface area (Å²) in [5.41, 5.74) is 1.53. The molecule has 3 N–H and O–H groups in total. The topological polar surface area (TPSA) is 125 Å². The molecule has 0 unspecified atom stereocenters. The monoisotopic (exact) mass is 533 g/mol. The molecule has 8 nitrogen and oxygen atoms in total. The molecule has 4 aromatic rings. The molecule has 37 heavy (non-hydrogen) atoms. The predicted octanol–water partition coefficient (Wildman–Crippen LogP) is 4.30. The Hall–Kier alpha value is -3.76. The van der Waals surface area contributed by atoms with E-state index >= 15 is 0 Å². The van der Waals surface area contributed by atoms with E-state index in [0.29, 0.717) is 22.2 Å². The summed E-state index contributed by atoms with van der Waals surface area (Å²) < 4.78 is 24.4. The van der Waals surface area contributed by atoms with Gasteiger partial charge in [0.2, 0.25) is 0 Å². The Balaban J connectivity index is 1.37. The number of aromatic nitrogens is 1. The third kappa shape index (κ3) is 4.47. The first-order valence-electron chi connectivity index (χ1n) is 12.0. The maximum Gasteiger partial charge on any atom is 0.261 e. The number of H-pyrrole nitrogens is 1. The molecule has 1 saturated carbocycles. The smallest absolute Gasteiger partial charge is 0.261 e. The van der Waals surface area contributed by atoms with Crippen molar-refractivity contribution < 1.29 is 18.0 Å². The highest BCUT2D eigenvalue weighted by molar-refractivity contribution is 7.94. The summed E-state index contributed by atoms with van der Waals surface area (Å²) in [6, 6.07) is 12.2. The molecule has 1 aliphatic carbocycles. The molecule has 188 valence electrons. The van der Waals surface area contributed by atoms with Crippen LogP contribution in [0.5, 0.6) is 0 Å². The molecule has 0 spiro atoms. The minimum absolute atomic E-state index is 0.143. The number of aromatic amines is 1. The van der Waals surface area contributed by atoms with Gasteiger partial charge in [0, 0.05) is 15.8 Å². The molecule has 6 rings (SSSR count). The number of carbonyl (C=O) groups is 2. The van der Waals surface area contributed by atoms with Gasteiger partial charge in [-0.3, -0.25) is 14.4 Å². The average Bonchev–Trinajstić information content (AvgIpc) is 3.42. The number of benzene rings is 2. The molecule has 2 aliphatic rings. The average molecular weight is 534 g/mol. The van der Waals surface area contributed by atoms with Crippen LogP contribution in [0.2, 0.25) is 0 Å². The van der Waals surface area contributed by atoms with E-state index in [0.717, 1.165) is 40.3 Å². The van der Waals surface area contributed by atoms with E-state index in [9.17, 15) is 22.8 Å². The van der Waals surface area contributed by atoms with Crippen molar-refractivity contribution in [2.75, 3.05) is 11.1 Å². The largest absolute Gasteiger partial charge is 0.345 e. The van der Waals surface area contributed by atoms with E-state index in [-0.39, 0.29) is 23.1 Å². The Labute approximate surface area is 216 Å². The van der Waals surface area contributed by atoms with Crippen molar-refractivity contribution in [1.29, 1.82) is 0 Å². The maximum atomic E-state index is 13.6. The zero-order chi connectivity index (χ0) is 25.7. The van der Waals surface area contributed by atoms with Gasteiger partial charge in [0.25, 0.3) is 17.4 Å². The number of carbonyl (C=O) groups excluding carboxylic acids is 2. The number of rotatable bonds is 5. The maximum absolute atomic E-state index is 13.6. The molecule has 0 saturated heterocycles. The number of amides is 2. The lowest BCUT2D eigenvalue weighted by Crippen LogP contribution is -2.38. The summed E-state index contributed by atoms with van der Waals surface area (Å²) in [6.45, 7) is 0. The molecule has 1 atom stereocenters. The Morgan fingerprint density at radius 2 is 1.84 bits per heavy atom. The fourth-order valence-corrected chi connectivity index (χ4v) is 6.92. The number of hydrogen-bond donors (Lipinski definition) is 3. The zero-order valence-corrected chi connectivity index (χ0v) is 21.2. The number of anilines is 1. The SMILES string of the molecule is O=C(N[C@@H]1C=CS(=O)(=O)C1)c1cc2ccc(C3CCC3)c(C(=O)Nc3ccc4sccc4c3)c2[nH]c1=O. The van der Waals surface area contributed by atoms with Crippen molar-refractivity contribution in [3.63, 3.8) is 0 Å². The van der Waals surface area contributed by atoms with Crippen LogP contribution >= 0.6 is 11.3 Å². The van der Waals surface area contributed by atoms with Crippen molar-refractivity contribution in [3.8, 4) is 0 Å². The van der Waals surface area contributed by atoms with Crippen molar-refractivity contribution in [2.24, 2.45) is 0 Å². The highest BCUT2D eigenvalue weighted by atomic mass is 32.2. The van der Waals surface area contributed by atoms with E-state index in [4.69, 9.17) is 0 Å². The van der Waals surface area contributed by atoms with Crippen molar-refractivity contribution in [1.82, 2.24) is 10.3 Å². The predicted molar refractivity (Wildman–Crippen MR) is 145 cm³/mol. The lowest BCUT2D eigenvalue weighted by atomic mass is 9.77. The molecule has 0 radical (unpaired) electrons. The van der Waals surface area contributed by atoms with Crippen LogP contribution in [0, 0.1) is 0 Å². The summed E-state index contributed by atoms with van der Waals surface area (Å²) >= 11 is 1.63. The van der Waals surface area contributed by atoms with Crippen LogP contribution in [0.25, 0.3) is 21.0 Å². The molecule has 1 aliphatic heterocycles. The molecular weight excluding hydrogens is 510 g/mol. The first kappa shape index (κ1) is 23.6. The van der Waals surface area contributed by atoms with E-state index in [1.807, 2.05) is 41.8 Å². The highest BCUT2D eigenvalue weighted by Gasteiger charge is 2.28. The van der Waals surface area contributed by atoms with Gasteiger partial charge in [-0.25, -0.2) is 8.42 Å². The van der Waals surface area contributed by atoms with Crippen molar-refractivity contribution in [3.05, 3.63) is 86.4 Å². The molecule has 10 heteroatoms. The second-order valence-electron chi connectivity index (χ2n) is 9.50. The normalized spacial score (nSPS) is 18.6. The van der Waals surface area contributed by atoms with Gasteiger partial charge in [-0.15, -0.1) is 11.3 Å². The van der Waals surface area contributed by atoms with Crippen LogP contribution in [0.15, 0.2) is 64.1 Å². The fraction of sp³-hybridized carbons (Fsp3) is 0.222. The third-order valence-electron chi connectivity index (χ3n) is 7.03. The van der Waals surface area contributed by atoms with Crippen LogP contribution in [0.3, 0.4) is 0 Å². The lowest BCUT2D eigenvalue weighted by molar-refractivity contribution is 0.0945. The van der Waals surface area contributed by atoms with Gasteiger partial charge in [-0.05, 0) is 76.9 Å². The van der Waals surface area contributed by atoms with E-state index < -0.39 is 27.3 Å². The van der Waals surface area contributed by atoms with Crippen LogP contribution in [0.4, 0.5) is 5.69 Å². The van der Waals surface area contributed by atoms with Gasteiger partial charge in [0.15, 0.2) is 9.84 Å². The Morgan fingerprint density at radius 3 is 2.57 bits per heavy atom. The first-order chi connectivity index (χ1) is 17.8. The summed E-state index contributed by atoms with van der Waals surface area (Å²) in [4.78, 5) is 42.2. The lowest BCUT2D eigenvalue weighted by Gasteiger charge is -2.28. The molecule has 2 aromatic carbocycles. The first-order valence-corrected chi connectivity index (χ1v) is 14.6. The summed E-state index contributed by atoms with van der Waals surface area (Å²) in [5, 5.41) is 10.2. The standard InChI is InChI=1S/C27H23N3O5S2/c31-25(29-19-9-11-37(34,35)14-19)21-13-17-4-6-20(15-2-1-3-15)23(24(17)30-26(21)32)27(33)28-18-5-7-22-16(12-18)8-10-36-22/h4-13,15,19H,1-3,14H2,(H,28,33)(H,29,31)(H,30,32)/t19-/m1/s1. The molecule has 1 fully saturated rings. The molecular formula is C27H23N3O5S2.